The number of piperidine rings is 1. The summed E-state index contributed by atoms with van der Waals surface area (Å²) in [5, 5.41) is 23.9. The van der Waals surface area contributed by atoms with Crippen molar-refractivity contribution in [3.05, 3.63) is 36.2 Å². The summed E-state index contributed by atoms with van der Waals surface area (Å²) < 4.78 is 16.6. The molecule has 11 heteroatoms. The van der Waals surface area contributed by atoms with Gasteiger partial charge < -0.3 is 10.6 Å². The van der Waals surface area contributed by atoms with Crippen LogP contribution >= 0.6 is 0 Å². The van der Waals surface area contributed by atoms with E-state index in [1.165, 1.54) is 0 Å². The second kappa shape index (κ2) is 8.82. The van der Waals surface area contributed by atoms with Crippen LogP contribution in [0.3, 0.4) is 0 Å². The van der Waals surface area contributed by atoms with Crippen LogP contribution in [0.2, 0.25) is 0 Å². The minimum atomic E-state index is -1.15. The van der Waals surface area contributed by atoms with Crippen LogP contribution in [0.5, 0.6) is 0 Å². The van der Waals surface area contributed by atoms with Crippen LogP contribution in [0.15, 0.2) is 30.5 Å². The Hall–Kier alpha value is -3.07. The fraction of sp³-hybridized carbons (Fsp3) is 0.429. The number of hydrogen-bond acceptors (Lipinski definition) is 7. The van der Waals surface area contributed by atoms with Gasteiger partial charge in [0.2, 0.25) is 0 Å². The van der Waals surface area contributed by atoms with E-state index >= 15 is 0 Å². The van der Waals surface area contributed by atoms with Gasteiger partial charge in [0.05, 0.1) is 17.5 Å². The zero-order valence-electron chi connectivity index (χ0n) is 17.8. The maximum absolute atomic E-state index is 12.7. The molecule has 0 radical (unpaired) electrons. The molecule has 10 nitrogen and oxygen atoms in total. The molecule has 2 aliphatic heterocycles. The van der Waals surface area contributed by atoms with Crippen molar-refractivity contribution in [2.75, 3.05) is 36.8 Å². The molecule has 0 aliphatic carbocycles. The van der Waals surface area contributed by atoms with Crippen molar-refractivity contribution in [3.8, 4) is 6.07 Å². The average Bonchev–Trinajstić information content (AvgIpc) is 3.18. The first-order valence-electron chi connectivity index (χ1n) is 10.7. The number of anilines is 3. The van der Waals surface area contributed by atoms with Crippen LogP contribution < -0.4 is 10.6 Å². The van der Waals surface area contributed by atoms with Gasteiger partial charge in [-0.1, -0.05) is 0 Å². The number of aromatic amines is 1. The van der Waals surface area contributed by atoms with Crippen molar-refractivity contribution in [1.29, 1.82) is 5.26 Å². The molecule has 166 valence electrons. The molecule has 3 N–H and O–H groups in total. The Morgan fingerprint density at radius 1 is 1.22 bits per heavy atom. The Kier molecular flexibility index (Phi) is 5.73. The quantitative estimate of drug-likeness (QED) is 0.525. The number of rotatable bonds is 6. The molecule has 0 bridgehead atoms. The van der Waals surface area contributed by atoms with E-state index < -0.39 is 11.2 Å². The molecule has 0 amide bonds. The molecule has 0 spiro atoms. The summed E-state index contributed by atoms with van der Waals surface area (Å²) >= 11 is -1.15. The lowest BCUT2D eigenvalue weighted by Crippen LogP contribution is -2.53. The molecule has 3 aromatic heterocycles. The van der Waals surface area contributed by atoms with E-state index in [4.69, 9.17) is 10.2 Å². The first-order valence-corrected chi connectivity index (χ1v) is 11.8. The second-order valence-corrected chi connectivity index (χ2v) is 9.73. The average molecular weight is 452 g/mol. The maximum Gasteiger partial charge on any atom is 0.172 e. The van der Waals surface area contributed by atoms with Crippen molar-refractivity contribution in [2.24, 2.45) is 5.92 Å². The van der Waals surface area contributed by atoms with Crippen LogP contribution in [-0.2, 0) is 11.2 Å². The van der Waals surface area contributed by atoms with Gasteiger partial charge in [-0.3, -0.25) is 10.1 Å². The van der Waals surface area contributed by atoms with Gasteiger partial charge in [0, 0.05) is 61.6 Å². The number of nitriles is 1. The normalized spacial score (nSPS) is 19.4. The van der Waals surface area contributed by atoms with Gasteiger partial charge in [-0.2, -0.15) is 10.4 Å². The molecule has 0 aromatic carbocycles. The molecule has 2 fully saturated rings. The van der Waals surface area contributed by atoms with Gasteiger partial charge in [0.1, 0.15) is 11.6 Å². The third-order valence-corrected chi connectivity index (χ3v) is 7.38. The van der Waals surface area contributed by atoms with Gasteiger partial charge in [-0.25, -0.2) is 17.8 Å². The van der Waals surface area contributed by atoms with Crippen molar-refractivity contribution in [3.63, 3.8) is 0 Å². The molecule has 1 unspecified atom stereocenters. The van der Waals surface area contributed by atoms with E-state index in [0.717, 1.165) is 48.3 Å². The van der Waals surface area contributed by atoms with E-state index in [0.29, 0.717) is 24.7 Å². The topological polar surface area (TPSA) is 126 Å². The summed E-state index contributed by atoms with van der Waals surface area (Å²) in [6.07, 6.45) is 3.50. The fourth-order valence-electron chi connectivity index (χ4n) is 4.02. The van der Waals surface area contributed by atoms with Crippen molar-refractivity contribution < 1.29 is 4.21 Å². The van der Waals surface area contributed by atoms with Crippen LogP contribution in [0.4, 0.5) is 17.5 Å². The zero-order chi connectivity index (χ0) is 22.1. The molecule has 2 aliphatic rings. The molecule has 3 aromatic rings. The first-order chi connectivity index (χ1) is 15.6. The summed E-state index contributed by atoms with van der Waals surface area (Å²) in [6, 6.07) is 10.2. The number of aromatic nitrogens is 4. The lowest BCUT2D eigenvalue weighted by molar-refractivity contribution is 0.235. The van der Waals surface area contributed by atoms with E-state index in [1.807, 2.05) is 39.8 Å². The van der Waals surface area contributed by atoms with Crippen LogP contribution in [-0.4, -0.2) is 65.2 Å². The van der Waals surface area contributed by atoms with Crippen molar-refractivity contribution in [2.45, 2.75) is 25.8 Å². The van der Waals surface area contributed by atoms with Gasteiger partial charge in [0.25, 0.3) is 0 Å². The highest BCUT2D eigenvalue weighted by Gasteiger charge is 2.35. The van der Waals surface area contributed by atoms with E-state index in [1.54, 1.807) is 6.20 Å². The van der Waals surface area contributed by atoms with E-state index in [9.17, 15) is 4.21 Å². The summed E-state index contributed by atoms with van der Waals surface area (Å²) in [6.45, 7) is 4.61. The standard InChI is InChI=1S/C21H25N9OS/c1-14-9-20(28-27-14)25-19-10-18-17(3-2-6-23-18)21(26-19)24-16-4-7-29(8-5-16)32(31)30-12-15(11-22)13-30/h2-3,6,9-10,15-16H,4-5,7-8,12-13H2,1H3,(H3,24,25,26,27,28). The second-order valence-electron chi connectivity index (χ2n) is 8.24. The summed E-state index contributed by atoms with van der Waals surface area (Å²) in [7, 11) is 0. The molecular weight excluding hydrogens is 426 g/mol. The van der Waals surface area contributed by atoms with E-state index in [2.05, 4.69) is 31.9 Å². The van der Waals surface area contributed by atoms with Gasteiger partial charge in [-0.05, 0) is 31.9 Å². The van der Waals surface area contributed by atoms with Crippen molar-refractivity contribution in [1.82, 2.24) is 28.8 Å². The van der Waals surface area contributed by atoms with Crippen LogP contribution in [0.1, 0.15) is 18.5 Å². The molecule has 0 saturated carbocycles. The molecule has 5 rings (SSSR count). The summed E-state index contributed by atoms with van der Waals surface area (Å²) in [5.74, 6) is 2.17. The Bertz CT molecular complexity index is 1180. The third-order valence-electron chi connectivity index (χ3n) is 5.83. The summed E-state index contributed by atoms with van der Waals surface area (Å²) in [4.78, 5) is 9.29. The third kappa shape index (κ3) is 4.29. The SMILES string of the molecule is Cc1cc(Nc2cc3ncccc3c(NC3CCN(S(=O)N4CC(C#N)C4)CC3)n2)n[nH]1. The highest BCUT2D eigenvalue weighted by atomic mass is 32.2. The lowest BCUT2D eigenvalue weighted by Gasteiger charge is -2.39. The highest BCUT2D eigenvalue weighted by Crippen LogP contribution is 2.28. The molecular formula is C21H25N9OS. The minimum Gasteiger partial charge on any atom is -0.367 e. The number of hydrogen-bond donors (Lipinski definition) is 3. The molecule has 32 heavy (non-hydrogen) atoms. The zero-order valence-corrected chi connectivity index (χ0v) is 18.6. The van der Waals surface area contributed by atoms with Gasteiger partial charge in [0.15, 0.2) is 17.0 Å². The smallest absolute Gasteiger partial charge is 0.172 e. The lowest BCUT2D eigenvalue weighted by atomic mass is 10.1. The Morgan fingerprint density at radius 2 is 2.03 bits per heavy atom. The maximum atomic E-state index is 12.7. The molecule has 1 atom stereocenters. The Morgan fingerprint density at radius 3 is 2.75 bits per heavy atom. The minimum absolute atomic E-state index is 0.0115. The number of aryl methyl sites for hydroxylation is 1. The molecule has 5 heterocycles. The monoisotopic (exact) mass is 451 g/mol. The van der Waals surface area contributed by atoms with Crippen LogP contribution in [0, 0.1) is 24.2 Å². The van der Waals surface area contributed by atoms with Gasteiger partial charge in [-0.15, -0.1) is 0 Å². The van der Waals surface area contributed by atoms with E-state index in [-0.39, 0.29) is 12.0 Å². The van der Waals surface area contributed by atoms with Crippen LogP contribution in [0.25, 0.3) is 10.9 Å². The van der Waals surface area contributed by atoms with Gasteiger partial charge >= 0.3 is 0 Å². The number of pyridine rings is 2. The predicted octanol–water partition coefficient (Wildman–Crippen LogP) is 2.32. The predicted molar refractivity (Wildman–Crippen MR) is 123 cm³/mol. The van der Waals surface area contributed by atoms with Crippen molar-refractivity contribution >= 4 is 39.5 Å². The number of fused-ring (bicyclic) bond motifs is 1. The number of nitrogens with zero attached hydrogens (tertiary/aromatic N) is 6. The number of H-pyrrole nitrogens is 1. The molecule has 2 saturated heterocycles. The summed E-state index contributed by atoms with van der Waals surface area (Å²) in [5.41, 5.74) is 1.82. The largest absolute Gasteiger partial charge is 0.367 e. The fourth-order valence-corrected chi connectivity index (χ4v) is 5.49. The first kappa shape index (κ1) is 20.8. The Balaban J connectivity index is 1.27. The Labute approximate surface area is 188 Å². The number of nitrogens with one attached hydrogen (secondary N) is 3. The highest BCUT2D eigenvalue weighted by molar-refractivity contribution is 7.80.